The van der Waals surface area contributed by atoms with Gasteiger partial charge < -0.3 is 11.1 Å². The molecule has 2 aromatic rings. The first-order chi connectivity index (χ1) is 10.2. The Morgan fingerprint density at radius 3 is 2.90 bits per heavy atom. The molecule has 5 nitrogen and oxygen atoms in total. The van der Waals surface area contributed by atoms with Crippen LogP contribution in [0.4, 0.5) is 0 Å². The number of para-hydroxylation sites is 1. The van der Waals surface area contributed by atoms with Gasteiger partial charge in [-0.3, -0.25) is 4.79 Å². The Labute approximate surface area is 125 Å². The molecule has 2 rings (SSSR count). The average molecular weight is 286 g/mol. The van der Waals surface area contributed by atoms with Crippen LogP contribution in [0.3, 0.4) is 0 Å². The lowest BCUT2D eigenvalue weighted by molar-refractivity contribution is -0.124. The van der Waals surface area contributed by atoms with Crippen molar-refractivity contribution in [2.75, 3.05) is 6.54 Å². The molecular weight excluding hydrogens is 264 g/mol. The third-order valence-corrected chi connectivity index (χ3v) is 3.48. The van der Waals surface area contributed by atoms with Gasteiger partial charge in [0.2, 0.25) is 5.91 Å². The minimum absolute atomic E-state index is 0.00887. The van der Waals surface area contributed by atoms with Crippen LogP contribution in [0.5, 0.6) is 0 Å². The van der Waals surface area contributed by atoms with Gasteiger partial charge in [0.15, 0.2) is 0 Å². The Bertz CT molecular complexity index is 565. The van der Waals surface area contributed by atoms with Crippen LogP contribution in [0.2, 0.25) is 0 Å². The van der Waals surface area contributed by atoms with Gasteiger partial charge in [-0.1, -0.05) is 25.1 Å². The fraction of sp³-hybridized carbons (Fsp3) is 0.375. The number of amides is 1. The second kappa shape index (κ2) is 7.59. The molecule has 21 heavy (non-hydrogen) atoms. The highest BCUT2D eigenvalue weighted by Crippen LogP contribution is 2.13. The van der Waals surface area contributed by atoms with Gasteiger partial charge in [-0.2, -0.15) is 5.10 Å². The Morgan fingerprint density at radius 2 is 2.19 bits per heavy atom. The van der Waals surface area contributed by atoms with Crippen molar-refractivity contribution in [2.45, 2.75) is 26.3 Å². The van der Waals surface area contributed by atoms with E-state index in [1.165, 1.54) is 0 Å². The minimum Gasteiger partial charge on any atom is -0.352 e. The van der Waals surface area contributed by atoms with E-state index in [9.17, 15) is 4.79 Å². The maximum absolute atomic E-state index is 12.0. The molecule has 3 N–H and O–H groups in total. The fourth-order valence-corrected chi connectivity index (χ4v) is 2.21. The number of aromatic nitrogens is 2. The molecule has 0 aliphatic carbocycles. The molecule has 1 aromatic carbocycles. The zero-order valence-corrected chi connectivity index (χ0v) is 12.3. The zero-order chi connectivity index (χ0) is 15.1. The third-order valence-electron chi connectivity index (χ3n) is 3.48. The van der Waals surface area contributed by atoms with E-state index in [0.717, 1.165) is 24.1 Å². The van der Waals surface area contributed by atoms with Crippen molar-refractivity contribution < 1.29 is 4.79 Å². The summed E-state index contributed by atoms with van der Waals surface area (Å²) in [5.74, 6) is 0.0594. The first-order valence-corrected chi connectivity index (χ1v) is 7.28. The first kappa shape index (κ1) is 15.3. The Morgan fingerprint density at radius 1 is 1.38 bits per heavy atom. The maximum Gasteiger partial charge on any atom is 0.223 e. The highest BCUT2D eigenvalue weighted by Gasteiger charge is 2.12. The Hall–Kier alpha value is -2.14. The summed E-state index contributed by atoms with van der Waals surface area (Å²) >= 11 is 0. The molecule has 1 amide bonds. The van der Waals surface area contributed by atoms with Crippen molar-refractivity contribution in [3.63, 3.8) is 0 Å². The number of nitrogens with two attached hydrogens (primary N) is 1. The molecule has 0 aliphatic rings. The summed E-state index contributed by atoms with van der Waals surface area (Å²) in [5, 5.41) is 7.23. The molecule has 1 heterocycles. The monoisotopic (exact) mass is 286 g/mol. The third kappa shape index (κ3) is 4.16. The maximum atomic E-state index is 12.0. The lowest BCUT2D eigenvalue weighted by Gasteiger charge is -2.14. The zero-order valence-electron chi connectivity index (χ0n) is 12.3. The van der Waals surface area contributed by atoms with E-state index in [1.54, 1.807) is 10.9 Å². The molecule has 0 fully saturated rings. The number of carbonyl (C=O) groups excluding carboxylic acids is 1. The van der Waals surface area contributed by atoms with Crippen molar-refractivity contribution in [1.82, 2.24) is 15.1 Å². The topological polar surface area (TPSA) is 72.9 Å². The summed E-state index contributed by atoms with van der Waals surface area (Å²) in [5.41, 5.74) is 7.50. The standard InChI is InChI=1S/C16H22N4O/c1-13(6-4-9-17)16(21)18-12-14-7-2-3-8-15(14)20-11-5-10-19-20/h2-3,5,7-8,10-11,13H,4,6,9,12,17H2,1H3,(H,18,21). The van der Waals surface area contributed by atoms with Gasteiger partial charge in [0.1, 0.15) is 0 Å². The van der Waals surface area contributed by atoms with Crippen LogP contribution in [0.25, 0.3) is 5.69 Å². The summed E-state index contributed by atoms with van der Waals surface area (Å²) in [6.07, 6.45) is 5.33. The van der Waals surface area contributed by atoms with Gasteiger partial charge in [-0.25, -0.2) is 4.68 Å². The van der Waals surface area contributed by atoms with Gasteiger partial charge in [0.05, 0.1) is 5.69 Å². The summed E-state index contributed by atoms with van der Waals surface area (Å²) < 4.78 is 1.80. The minimum atomic E-state index is -0.00887. The highest BCUT2D eigenvalue weighted by molar-refractivity contribution is 5.78. The van der Waals surface area contributed by atoms with Crippen LogP contribution >= 0.6 is 0 Å². The molecule has 0 saturated carbocycles. The van der Waals surface area contributed by atoms with Crippen LogP contribution in [-0.2, 0) is 11.3 Å². The number of carbonyl (C=O) groups is 1. The van der Waals surface area contributed by atoms with Crippen LogP contribution < -0.4 is 11.1 Å². The summed E-state index contributed by atoms with van der Waals surface area (Å²) in [4.78, 5) is 12.0. The van der Waals surface area contributed by atoms with E-state index >= 15 is 0 Å². The predicted molar refractivity (Wildman–Crippen MR) is 82.9 cm³/mol. The van der Waals surface area contributed by atoms with E-state index < -0.39 is 0 Å². The number of benzene rings is 1. The molecule has 1 unspecified atom stereocenters. The van der Waals surface area contributed by atoms with Gasteiger partial charge in [0, 0.05) is 24.9 Å². The summed E-state index contributed by atoms with van der Waals surface area (Å²) in [6.45, 7) is 3.06. The first-order valence-electron chi connectivity index (χ1n) is 7.28. The molecular formula is C16H22N4O. The number of nitrogens with one attached hydrogen (secondary N) is 1. The van der Waals surface area contributed by atoms with Gasteiger partial charge >= 0.3 is 0 Å². The van der Waals surface area contributed by atoms with Gasteiger partial charge in [-0.05, 0) is 37.1 Å². The van der Waals surface area contributed by atoms with E-state index in [0.29, 0.717) is 13.1 Å². The van der Waals surface area contributed by atoms with E-state index in [2.05, 4.69) is 10.4 Å². The number of rotatable bonds is 7. The number of hydrogen-bond acceptors (Lipinski definition) is 3. The largest absolute Gasteiger partial charge is 0.352 e. The second-order valence-corrected chi connectivity index (χ2v) is 5.13. The molecule has 0 radical (unpaired) electrons. The van der Waals surface area contributed by atoms with Crippen molar-refractivity contribution in [2.24, 2.45) is 11.7 Å². The van der Waals surface area contributed by atoms with Crippen LogP contribution in [0, 0.1) is 5.92 Å². The van der Waals surface area contributed by atoms with Crippen LogP contribution in [0.1, 0.15) is 25.3 Å². The number of hydrogen-bond donors (Lipinski definition) is 2. The molecule has 112 valence electrons. The van der Waals surface area contributed by atoms with E-state index in [4.69, 9.17) is 5.73 Å². The van der Waals surface area contributed by atoms with Crippen molar-refractivity contribution in [1.29, 1.82) is 0 Å². The number of nitrogens with zero attached hydrogens (tertiary/aromatic N) is 2. The molecule has 0 aliphatic heterocycles. The molecule has 5 heteroatoms. The smallest absolute Gasteiger partial charge is 0.223 e. The lowest BCUT2D eigenvalue weighted by Crippen LogP contribution is -2.29. The normalized spacial score (nSPS) is 12.1. The molecule has 0 saturated heterocycles. The predicted octanol–water partition coefficient (Wildman–Crippen LogP) is 1.86. The second-order valence-electron chi connectivity index (χ2n) is 5.13. The molecule has 1 aromatic heterocycles. The lowest BCUT2D eigenvalue weighted by atomic mass is 10.0. The highest BCUT2D eigenvalue weighted by atomic mass is 16.1. The van der Waals surface area contributed by atoms with Crippen molar-refractivity contribution >= 4 is 5.91 Å². The fourth-order valence-electron chi connectivity index (χ4n) is 2.21. The summed E-state index contributed by atoms with van der Waals surface area (Å²) in [6, 6.07) is 9.80. The Kier molecular flexibility index (Phi) is 5.51. The van der Waals surface area contributed by atoms with Crippen molar-refractivity contribution in [3.8, 4) is 5.69 Å². The SMILES string of the molecule is CC(CCCN)C(=O)NCc1ccccc1-n1cccn1. The summed E-state index contributed by atoms with van der Waals surface area (Å²) in [7, 11) is 0. The average Bonchev–Trinajstić information content (AvgIpc) is 3.04. The van der Waals surface area contributed by atoms with Crippen LogP contribution in [-0.4, -0.2) is 22.2 Å². The molecule has 1 atom stereocenters. The molecule has 0 bridgehead atoms. The van der Waals surface area contributed by atoms with E-state index in [1.807, 2.05) is 43.5 Å². The van der Waals surface area contributed by atoms with Gasteiger partial charge in [-0.15, -0.1) is 0 Å². The van der Waals surface area contributed by atoms with Crippen molar-refractivity contribution in [3.05, 3.63) is 48.3 Å². The molecule has 0 spiro atoms. The van der Waals surface area contributed by atoms with Crippen LogP contribution in [0.15, 0.2) is 42.7 Å². The van der Waals surface area contributed by atoms with E-state index in [-0.39, 0.29) is 11.8 Å². The Balaban J connectivity index is 1.99. The van der Waals surface area contributed by atoms with Gasteiger partial charge in [0.25, 0.3) is 0 Å². The quantitative estimate of drug-likeness (QED) is 0.816.